The molecule has 15 nitrogen and oxygen atoms in total. The number of aliphatic carboxylic acids is 1. The van der Waals surface area contributed by atoms with E-state index in [0.717, 1.165) is 6.08 Å². The Morgan fingerprint density at radius 2 is 0.906 bits per heavy atom. The molecule has 0 aliphatic heterocycles. The third-order valence-corrected chi connectivity index (χ3v) is 2.38. The molecule has 0 aliphatic carbocycles. The molecule has 0 aromatic carbocycles. The minimum absolute atomic E-state index is 0.356. The van der Waals surface area contributed by atoms with Crippen LogP contribution in [0.15, 0.2) is 12.7 Å². The summed E-state index contributed by atoms with van der Waals surface area (Å²) in [6.07, 6.45) is -1.30. The molecule has 0 aliphatic rings. The van der Waals surface area contributed by atoms with Crippen molar-refractivity contribution in [3.63, 3.8) is 0 Å². The van der Waals surface area contributed by atoms with Gasteiger partial charge in [-0.3, -0.25) is 0 Å². The Bertz CT molecular complexity index is 430. The van der Waals surface area contributed by atoms with Gasteiger partial charge in [0.2, 0.25) is 0 Å². The van der Waals surface area contributed by atoms with Crippen LogP contribution in [0.25, 0.3) is 0 Å². The van der Waals surface area contributed by atoms with E-state index >= 15 is 0 Å². The predicted molar refractivity (Wildman–Crippen MR) is 112 cm³/mol. The van der Waals surface area contributed by atoms with Gasteiger partial charge in [-0.25, -0.2) is 19.2 Å². The van der Waals surface area contributed by atoms with Gasteiger partial charge in [0.15, 0.2) is 0 Å². The smallest absolute Gasteiger partial charge is 0.404 e. The average Bonchev–Trinajstić information content (AvgIpc) is 2.72. The summed E-state index contributed by atoms with van der Waals surface area (Å²) in [5, 5.41) is 41.6. The van der Waals surface area contributed by atoms with Crippen molar-refractivity contribution in [1.82, 2.24) is 0 Å². The molecule has 0 radical (unpaired) electrons. The lowest BCUT2D eigenvalue weighted by Crippen LogP contribution is -2.37. The number of carboxylic acid groups (broad SMARTS) is 1. The van der Waals surface area contributed by atoms with Crippen molar-refractivity contribution in [2.24, 2.45) is 22.6 Å². The number of carbonyl (C=O) groups is 4. The van der Waals surface area contributed by atoms with E-state index in [9.17, 15) is 19.2 Å². The summed E-state index contributed by atoms with van der Waals surface area (Å²) in [4.78, 5) is 38.0. The van der Waals surface area contributed by atoms with Gasteiger partial charge in [0, 0.05) is 6.08 Å². The van der Waals surface area contributed by atoms with Gasteiger partial charge < -0.3 is 56.9 Å². The number of carbonyl (C=O) groups excluding carboxylic acids is 3. The molecular formula is C17H37N3O12. The minimum atomic E-state index is -1.11. The third kappa shape index (κ3) is 45.5. The second-order valence-electron chi connectivity index (χ2n) is 4.93. The Morgan fingerprint density at radius 3 is 0.906 bits per heavy atom. The largest absolute Gasteiger partial charge is 0.478 e. The molecule has 0 unspecified atom stereocenters. The number of aliphatic hydroxyl groups is 4. The van der Waals surface area contributed by atoms with Gasteiger partial charge in [0.25, 0.3) is 0 Å². The Morgan fingerprint density at radius 1 is 0.719 bits per heavy atom. The van der Waals surface area contributed by atoms with Crippen LogP contribution in [0.5, 0.6) is 0 Å². The van der Waals surface area contributed by atoms with E-state index in [-0.39, 0.29) is 0 Å². The maximum absolute atomic E-state index is 9.60. The summed E-state index contributed by atoms with van der Waals surface area (Å²) >= 11 is 0. The molecule has 0 saturated carbocycles. The van der Waals surface area contributed by atoms with Crippen LogP contribution in [-0.2, 0) is 19.0 Å². The van der Waals surface area contributed by atoms with E-state index in [1.54, 1.807) is 20.8 Å². The monoisotopic (exact) mass is 475 g/mol. The number of amides is 3. The molecule has 3 amide bonds. The fourth-order valence-corrected chi connectivity index (χ4v) is 0.727. The summed E-state index contributed by atoms with van der Waals surface area (Å²) in [7, 11) is 0. The van der Waals surface area contributed by atoms with E-state index in [0.29, 0.717) is 19.8 Å². The zero-order valence-electron chi connectivity index (χ0n) is 18.6. The molecule has 0 atom stereocenters. The van der Waals surface area contributed by atoms with Gasteiger partial charge in [-0.1, -0.05) is 6.58 Å². The van der Waals surface area contributed by atoms with Crippen molar-refractivity contribution in [3.05, 3.63) is 12.7 Å². The number of nitrogens with two attached hydrogens (primary N) is 3. The second-order valence-corrected chi connectivity index (χ2v) is 4.93. The van der Waals surface area contributed by atoms with Crippen molar-refractivity contribution in [1.29, 1.82) is 0 Å². The van der Waals surface area contributed by atoms with Crippen LogP contribution in [-0.4, -0.2) is 96.0 Å². The molecule has 0 aromatic rings. The summed E-state index contributed by atoms with van der Waals surface area (Å²) in [5.41, 5.74) is 12.5. The van der Waals surface area contributed by atoms with Crippen LogP contribution in [0.3, 0.4) is 0 Å². The van der Waals surface area contributed by atoms with Crippen molar-refractivity contribution in [2.75, 3.05) is 46.2 Å². The third-order valence-electron chi connectivity index (χ3n) is 2.38. The average molecular weight is 475 g/mol. The lowest BCUT2D eigenvalue weighted by atomic mass is 9.93. The molecule has 11 N–H and O–H groups in total. The highest BCUT2D eigenvalue weighted by Crippen LogP contribution is 2.11. The lowest BCUT2D eigenvalue weighted by Gasteiger charge is -2.23. The molecule has 0 rings (SSSR count). The van der Waals surface area contributed by atoms with E-state index in [1.807, 2.05) is 0 Å². The zero-order chi connectivity index (χ0) is 26.6. The van der Waals surface area contributed by atoms with Crippen LogP contribution >= 0.6 is 0 Å². The molecule has 0 fully saturated rings. The molecule has 0 bridgehead atoms. The van der Waals surface area contributed by atoms with Gasteiger partial charge in [-0.2, -0.15) is 0 Å². The van der Waals surface area contributed by atoms with Gasteiger partial charge >= 0.3 is 24.2 Å². The molecule has 0 spiro atoms. The maximum atomic E-state index is 9.60. The highest BCUT2D eigenvalue weighted by molar-refractivity contribution is 5.78. The molecule has 15 heteroatoms. The summed E-state index contributed by atoms with van der Waals surface area (Å²) in [6.45, 7) is 7.50. The summed E-state index contributed by atoms with van der Waals surface area (Å²) < 4.78 is 12.5. The van der Waals surface area contributed by atoms with Crippen LogP contribution < -0.4 is 17.2 Å². The number of carboxylic acids is 1. The predicted octanol–water partition coefficient (Wildman–Crippen LogP) is -1.50. The first-order valence-electron chi connectivity index (χ1n) is 8.88. The van der Waals surface area contributed by atoms with Gasteiger partial charge in [0.05, 0.1) is 51.7 Å². The van der Waals surface area contributed by atoms with E-state index in [1.165, 1.54) is 0 Å². The normalized spacial score (nSPS) is 8.59. The molecule has 0 saturated heterocycles. The Kier molecular flexibility index (Phi) is 37.0. The Balaban J connectivity index is -0.0000000966. The number of ether oxygens (including phenoxy) is 3. The molecule has 192 valence electrons. The lowest BCUT2D eigenvalue weighted by molar-refractivity contribution is -0.131. The number of aliphatic hydroxyl groups excluding tert-OH is 4. The van der Waals surface area contributed by atoms with Crippen molar-refractivity contribution < 1.29 is 58.9 Å². The quantitative estimate of drug-likeness (QED) is 0.147. The standard InChI is InChI=1S/C5H12O4.3C3H7NO2.C3H4O2/c6-1-5(2-7,3-8)4-9;3*1-2-6-3(4)5;1-2-3(4)5/h6-9H,1-4H2;3*2H2,1H3,(H2,4,5);2H,1H2,(H,4,5). The SMILES string of the molecule is C=CC(=O)O.CCOC(N)=O.CCOC(N)=O.CCOC(N)=O.OCC(CO)(CO)CO. The van der Waals surface area contributed by atoms with Gasteiger partial charge in [-0.15, -0.1) is 0 Å². The van der Waals surface area contributed by atoms with Crippen LogP contribution in [0, 0.1) is 5.41 Å². The van der Waals surface area contributed by atoms with E-state index < -0.39 is 56.1 Å². The molecule has 0 aromatic heterocycles. The number of hydrogen-bond donors (Lipinski definition) is 8. The van der Waals surface area contributed by atoms with Crippen LogP contribution in [0.2, 0.25) is 0 Å². The topological polar surface area (TPSA) is 275 Å². The Labute approximate surface area is 186 Å². The molecule has 0 heterocycles. The fourth-order valence-electron chi connectivity index (χ4n) is 0.727. The first kappa shape index (κ1) is 39.3. The van der Waals surface area contributed by atoms with Crippen LogP contribution in [0.4, 0.5) is 14.4 Å². The highest BCUT2D eigenvalue weighted by atomic mass is 16.6. The minimum Gasteiger partial charge on any atom is -0.478 e. The molecule has 32 heavy (non-hydrogen) atoms. The second kappa shape index (κ2) is 30.1. The first-order valence-corrected chi connectivity index (χ1v) is 8.88. The maximum Gasteiger partial charge on any atom is 0.404 e. The number of hydrogen-bond acceptors (Lipinski definition) is 11. The Hall–Kier alpha value is -3.14. The van der Waals surface area contributed by atoms with Crippen molar-refractivity contribution in [3.8, 4) is 0 Å². The van der Waals surface area contributed by atoms with Crippen molar-refractivity contribution >= 4 is 24.2 Å². The number of primary amides is 3. The first-order chi connectivity index (χ1) is 14.8. The van der Waals surface area contributed by atoms with Gasteiger partial charge in [0.1, 0.15) is 0 Å². The van der Waals surface area contributed by atoms with E-state index in [4.69, 9.17) is 25.5 Å². The molecular weight excluding hydrogens is 438 g/mol. The summed E-state index contributed by atoms with van der Waals surface area (Å²) in [6, 6.07) is 0. The van der Waals surface area contributed by atoms with Crippen LogP contribution in [0.1, 0.15) is 20.8 Å². The fraction of sp³-hybridized carbons (Fsp3) is 0.647. The highest BCUT2D eigenvalue weighted by Gasteiger charge is 2.26. The zero-order valence-corrected chi connectivity index (χ0v) is 18.6. The number of rotatable bonds is 8. The van der Waals surface area contributed by atoms with Gasteiger partial charge in [-0.05, 0) is 20.8 Å². The van der Waals surface area contributed by atoms with E-state index in [2.05, 4.69) is 38.0 Å². The van der Waals surface area contributed by atoms with Crippen molar-refractivity contribution in [2.45, 2.75) is 20.8 Å². The summed E-state index contributed by atoms with van der Waals surface area (Å²) in [5.74, 6) is -0.981.